The van der Waals surface area contributed by atoms with Crippen molar-refractivity contribution in [3.8, 4) is 0 Å². The third kappa shape index (κ3) is 3.73. The van der Waals surface area contributed by atoms with Crippen LogP contribution in [0.1, 0.15) is 19.3 Å². The molecular formula is C19H18Cl3FN4O. The molecule has 2 atom stereocenters. The number of hydrogen-bond acceptors (Lipinski definition) is 3. The number of urea groups is 1. The van der Waals surface area contributed by atoms with Crippen LogP contribution in [0.25, 0.3) is 0 Å². The third-order valence-corrected chi connectivity index (χ3v) is 6.22. The van der Waals surface area contributed by atoms with Crippen LogP contribution in [0.5, 0.6) is 0 Å². The molecule has 1 aromatic heterocycles. The predicted molar refractivity (Wildman–Crippen MR) is 110 cm³/mol. The van der Waals surface area contributed by atoms with Crippen molar-refractivity contribution in [1.82, 2.24) is 9.88 Å². The molecule has 2 bridgehead atoms. The number of pyridine rings is 1. The van der Waals surface area contributed by atoms with E-state index in [0.717, 1.165) is 24.9 Å². The minimum atomic E-state index is -0.519. The molecule has 2 aromatic rings. The highest BCUT2D eigenvalue weighted by Gasteiger charge is 2.39. The standard InChI is InChI=1S/C19H18Cl3FN4O/c20-14-7-11(1-4-17(14)23)25-19(28)26-6-5-12-2-3-13(26)10-27(12)18-15(21)8-24-9-16(18)22/h1,4,7-9,12-13H,2-3,5-6,10H2,(H,25,28). The van der Waals surface area contributed by atoms with E-state index in [1.54, 1.807) is 12.4 Å². The van der Waals surface area contributed by atoms with Crippen LogP contribution in [0.2, 0.25) is 15.1 Å². The van der Waals surface area contributed by atoms with Crippen molar-refractivity contribution in [1.29, 1.82) is 0 Å². The second-order valence-corrected chi connectivity index (χ2v) is 8.25. The van der Waals surface area contributed by atoms with Crippen molar-refractivity contribution in [3.05, 3.63) is 51.5 Å². The minimum absolute atomic E-state index is 0.0231. The second kappa shape index (κ2) is 7.93. The average Bonchev–Trinajstić information content (AvgIpc) is 2.97. The van der Waals surface area contributed by atoms with Gasteiger partial charge in [-0.15, -0.1) is 0 Å². The van der Waals surface area contributed by atoms with E-state index in [4.69, 9.17) is 34.8 Å². The largest absolute Gasteiger partial charge is 0.364 e. The normalized spacial score (nSPS) is 21.6. The van der Waals surface area contributed by atoms with Gasteiger partial charge in [-0.1, -0.05) is 34.8 Å². The maximum atomic E-state index is 13.3. The first-order valence-electron chi connectivity index (χ1n) is 9.02. The summed E-state index contributed by atoms with van der Waals surface area (Å²) in [5.74, 6) is -0.519. The lowest BCUT2D eigenvalue weighted by molar-refractivity contribution is 0.191. The van der Waals surface area contributed by atoms with Crippen molar-refractivity contribution < 1.29 is 9.18 Å². The minimum Gasteiger partial charge on any atom is -0.364 e. The molecule has 3 aliphatic heterocycles. The molecule has 5 nitrogen and oxygen atoms in total. The summed E-state index contributed by atoms with van der Waals surface area (Å²) in [4.78, 5) is 20.9. The molecular weight excluding hydrogens is 426 g/mol. The Morgan fingerprint density at radius 2 is 1.79 bits per heavy atom. The number of anilines is 2. The van der Waals surface area contributed by atoms with Crippen LogP contribution in [0.4, 0.5) is 20.6 Å². The molecule has 1 aromatic carbocycles. The van der Waals surface area contributed by atoms with E-state index in [2.05, 4.69) is 15.2 Å². The Kier molecular flexibility index (Phi) is 5.54. The van der Waals surface area contributed by atoms with E-state index in [1.807, 2.05) is 4.90 Å². The van der Waals surface area contributed by atoms with Gasteiger partial charge in [0.25, 0.3) is 0 Å². The van der Waals surface area contributed by atoms with Crippen LogP contribution in [-0.4, -0.2) is 41.1 Å². The van der Waals surface area contributed by atoms with Crippen LogP contribution in [0, 0.1) is 5.82 Å². The molecule has 0 saturated carbocycles. The number of hydrogen-bond donors (Lipinski definition) is 1. The van der Waals surface area contributed by atoms with Gasteiger partial charge in [0, 0.05) is 37.2 Å². The van der Waals surface area contributed by atoms with Gasteiger partial charge < -0.3 is 15.1 Å². The lowest BCUT2D eigenvalue weighted by Crippen LogP contribution is -2.50. The molecule has 1 N–H and O–H groups in total. The Balaban J connectivity index is 1.54. The van der Waals surface area contributed by atoms with Gasteiger partial charge in [-0.3, -0.25) is 4.98 Å². The number of halogens is 4. The lowest BCUT2D eigenvalue weighted by atomic mass is 9.98. The van der Waals surface area contributed by atoms with Gasteiger partial charge in [-0.25, -0.2) is 9.18 Å². The number of nitrogens with one attached hydrogen (secondary N) is 1. The average molecular weight is 444 g/mol. The predicted octanol–water partition coefficient (Wildman–Crippen LogP) is 5.46. The number of carbonyl (C=O) groups is 1. The molecule has 2 amide bonds. The Morgan fingerprint density at radius 3 is 2.50 bits per heavy atom. The third-order valence-electron chi connectivity index (χ3n) is 5.37. The quantitative estimate of drug-likeness (QED) is 0.671. The number of benzene rings is 1. The summed E-state index contributed by atoms with van der Waals surface area (Å²) < 4.78 is 13.3. The van der Waals surface area contributed by atoms with E-state index in [9.17, 15) is 9.18 Å². The molecule has 3 fully saturated rings. The Morgan fingerprint density at radius 1 is 1.07 bits per heavy atom. The summed E-state index contributed by atoms with van der Waals surface area (Å²) in [6, 6.07) is 4.20. The molecule has 0 radical (unpaired) electrons. The number of fused-ring (bicyclic) bond motifs is 4. The van der Waals surface area contributed by atoms with Crippen LogP contribution >= 0.6 is 34.8 Å². The number of aromatic nitrogens is 1. The first-order chi connectivity index (χ1) is 13.4. The molecule has 3 aliphatic rings. The molecule has 5 rings (SSSR count). The summed E-state index contributed by atoms with van der Waals surface area (Å²) in [6.07, 6.45) is 5.84. The number of rotatable bonds is 2. The maximum absolute atomic E-state index is 13.3. The first-order valence-corrected chi connectivity index (χ1v) is 10.2. The van der Waals surface area contributed by atoms with Crippen molar-refractivity contribution >= 4 is 52.2 Å². The van der Waals surface area contributed by atoms with Gasteiger partial charge in [0.15, 0.2) is 0 Å². The van der Waals surface area contributed by atoms with E-state index in [1.165, 1.54) is 18.2 Å². The molecule has 148 valence electrons. The Labute approximate surface area is 177 Å². The van der Waals surface area contributed by atoms with Gasteiger partial charge in [-0.2, -0.15) is 0 Å². The van der Waals surface area contributed by atoms with E-state index in [-0.39, 0.29) is 23.1 Å². The molecule has 0 spiro atoms. The van der Waals surface area contributed by atoms with E-state index in [0.29, 0.717) is 28.8 Å². The fraction of sp³-hybridized carbons (Fsp3) is 0.368. The summed E-state index contributed by atoms with van der Waals surface area (Å²) in [5, 5.41) is 3.82. The van der Waals surface area contributed by atoms with Gasteiger partial charge in [-0.05, 0) is 37.5 Å². The zero-order chi connectivity index (χ0) is 19.8. The molecule has 2 unspecified atom stereocenters. The highest BCUT2D eigenvalue weighted by molar-refractivity contribution is 6.39. The zero-order valence-corrected chi connectivity index (χ0v) is 17.1. The topological polar surface area (TPSA) is 48.5 Å². The molecule has 0 aliphatic carbocycles. The van der Waals surface area contributed by atoms with E-state index < -0.39 is 5.82 Å². The lowest BCUT2D eigenvalue weighted by Gasteiger charge is -2.40. The maximum Gasteiger partial charge on any atom is 0.322 e. The van der Waals surface area contributed by atoms with Gasteiger partial charge in [0.2, 0.25) is 0 Å². The molecule has 9 heteroatoms. The number of amides is 2. The van der Waals surface area contributed by atoms with Crippen molar-refractivity contribution in [2.24, 2.45) is 0 Å². The van der Waals surface area contributed by atoms with Crippen LogP contribution < -0.4 is 10.2 Å². The number of piperidine rings is 1. The fourth-order valence-corrected chi connectivity index (χ4v) is 4.78. The van der Waals surface area contributed by atoms with Crippen LogP contribution in [0.3, 0.4) is 0 Å². The summed E-state index contributed by atoms with van der Waals surface area (Å²) in [6.45, 7) is 1.26. The van der Waals surface area contributed by atoms with Crippen molar-refractivity contribution in [2.45, 2.75) is 31.3 Å². The van der Waals surface area contributed by atoms with Crippen molar-refractivity contribution in [3.63, 3.8) is 0 Å². The Bertz CT molecular complexity index is 892. The molecule has 3 saturated heterocycles. The van der Waals surface area contributed by atoms with Crippen LogP contribution in [0.15, 0.2) is 30.6 Å². The van der Waals surface area contributed by atoms with Gasteiger partial charge in [0.1, 0.15) is 5.82 Å². The fourth-order valence-electron chi connectivity index (χ4n) is 4.02. The molecule has 4 heterocycles. The Hall–Kier alpha value is -1.76. The monoisotopic (exact) mass is 442 g/mol. The summed E-state index contributed by atoms with van der Waals surface area (Å²) in [5.41, 5.74) is 1.24. The smallest absolute Gasteiger partial charge is 0.322 e. The van der Waals surface area contributed by atoms with Crippen molar-refractivity contribution in [2.75, 3.05) is 23.3 Å². The summed E-state index contributed by atoms with van der Waals surface area (Å²) >= 11 is 18.5. The number of nitrogens with zero attached hydrogens (tertiary/aromatic N) is 3. The summed E-state index contributed by atoms with van der Waals surface area (Å²) in [7, 11) is 0. The van der Waals surface area contributed by atoms with Gasteiger partial charge in [0.05, 0.1) is 26.8 Å². The van der Waals surface area contributed by atoms with Crippen LogP contribution in [-0.2, 0) is 0 Å². The first kappa shape index (κ1) is 19.6. The van der Waals surface area contributed by atoms with E-state index >= 15 is 0 Å². The second-order valence-electron chi connectivity index (χ2n) is 7.03. The molecule has 28 heavy (non-hydrogen) atoms. The highest BCUT2D eigenvalue weighted by atomic mass is 35.5. The SMILES string of the molecule is O=C(Nc1ccc(F)c(Cl)c1)N1CCC2CCC1CN2c1c(Cl)cncc1Cl. The highest BCUT2D eigenvalue weighted by Crippen LogP contribution is 2.39. The van der Waals surface area contributed by atoms with Gasteiger partial charge >= 0.3 is 6.03 Å². The zero-order valence-electron chi connectivity index (χ0n) is 14.8. The number of carbonyl (C=O) groups excluding carboxylic acids is 1.